The standard InChI is InChI=1S/C15H16N4O3S/c1-22-13-6-2-11(3-7-13)10-18-12-4-8-14(9-5-12)23(20,21)19-15(16)17/h2-10H,1H3,(H4,16,17,19)/p+1. The maximum absolute atomic E-state index is 11.9. The fourth-order valence-corrected chi connectivity index (χ4v) is 2.69. The zero-order valence-electron chi connectivity index (χ0n) is 12.4. The Labute approximate surface area is 134 Å². The monoisotopic (exact) mass is 333 g/mol. The summed E-state index contributed by atoms with van der Waals surface area (Å²) in [5.41, 5.74) is 11.8. The molecule has 0 fully saturated rings. The van der Waals surface area contributed by atoms with Gasteiger partial charge in [0.15, 0.2) is 0 Å². The number of nitrogens with two attached hydrogens (primary N) is 2. The van der Waals surface area contributed by atoms with Gasteiger partial charge in [-0.1, -0.05) is 0 Å². The lowest BCUT2D eigenvalue weighted by molar-refractivity contribution is -0.270. The van der Waals surface area contributed by atoms with E-state index in [-0.39, 0.29) is 10.9 Å². The quantitative estimate of drug-likeness (QED) is 0.502. The van der Waals surface area contributed by atoms with Crippen LogP contribution in [-0.4, -0.2) is 27.7 Å². The van der Waals surface area contributed by atoms with Crippen LogP contribution in [0, 0.1) is 0 Å². The van der Waals surface area contributed by atoms with Gasteiger partial charge in [0.2, 0.25) is 0 Å². The summed E-state index contributed by atoms with van der Waals surface area (Å²) in [7, 11) is -2.15. The molecule has 0 spiro atoms. The second-order valence-corrected chi connectivity index (χ2v) is 6.27. The molecule has 0 atom stereocenters. The van der Waals surface area contributed by atoms with Crippen molar-refractivity contribution in [3.63, 3.8) is 0 Å². The fourth-order valence-electron chi connectivity index (χ4n) is 1.76. The average molecular weight is 333 g/mol. The van der Waals surface area contributed by atoms with Crippen LogP contribution < -0.4 is 20.6 Å². The lowest BCUT2D eigenvalue weighted by Gasteiger charge is -2.00. The third-order valence-corrected chi connectivity index (χ3v) is 4.27. The number of hydrogen-bond acceptors (Lipinski definition) is 4. The number of benzene rings is 2. The molecule has 0 aliphatic rings. The second-order valence-electron chi connectivity index (χ2n) is 4.59. The topological polar surface area (TPSA) is 122 Å². The predicted molar refractivity (Wildman–Crippen MR) is 88.2 cm³/mol. The van der Waals surface area contributed by atoms with Crippen LogP contribution in [0.15, 0.2) is 58.4 Å². The van der Waals surface area contributed by atoms with Crippen molar-refractivity contribution in [3.8, 4) is 5.75 Å². The van der Waals surface area contributed by atoms with Gasteiger partial charge in [0.25, 0.3) is 0 Å². The van der Waals surface area contributed by atoms with Crippen LogP contribution in [0.5, 0.6) is 5.75 Å². The Morgan fingerprint density at radius 3 is 2.22 bits per heavy atom. The number of hydrogen-bond donors (Lipinski definition) is 3. The summed E-state index contributed by atoms with van der Waals surface area (Å²) >= 11 is 0. The third-order valence-electron chi connectivity index (χ3n) is 2.88. The molecular weight excluding hydrogens is 316 g/mol. The second kappa shape index (κ2) is 6.93. The molecule has 0 aliphatic carbocycles. The number of sulfonamides is 1. The molecule has 2 rings (SSSR count). The largest absolute Gasteiger partial charge is 0.497 e. The first-order chi connectivity index (χ1) is 10.9. The van der Waals surface area contributed by atoms with Gasteiger partial charge in [-0.15, -0.1) is 0 Å². The Hall–Kier alpha value is -2.87. The summed E-state index contributed by atoms with van der Waals surface area (Å²) < 4.78 is 30.8. The van der Waals surface area contributed by atoms with Crippen LogP contribution in [0.2, 0.25) is 0 Å². The van der Waals surface area contributed by atoms with E-state index in [1.165, 1.54) is 12.1 Å². The summed E-state index contributed by atoms with van der Waals surface area (Å²) in [6.07, 6.45) is 1.67. The molecule has 5 N–H and O–H groups in total. The van der Waals surface area contributed by atoms with Gasteiger partial charge in [-0.2, -0.15) is 12.8 Å². The summed E-state index contributed by atoms with van der Waals surface area (Å²) in [5.74, 6) is 0.381. The Morgan fingerprint density at radius 2 is 1.70 bits per heavy atom. The van der Waals surface area contributed by atoms with Crippen LogP contribution >= 0.6 is 0 Å². The predicted octanol–water partition coefficient (Wildman–Crippen LogP) is -0.511. The first-order valence-corrected chi connectivity index (χ1v) is 8.08. The molecule has 0 bridgehead atoms. The van der Waals surface area contributed by atoms with Gasteiger partial charge in [-0.25, -0.2) is 0 Å². The first kappa shape index (κ1) is 16.5. The first-order valence-electron chi connectivity index (χ1n) is 6.59. The van der Waals surface area contributed by atoms with Gasteiger partial charge in [0.05, 0.1) is 12.8 Å². The van der Waals surface area contributed by atoms with Crippen LogP contribution in [-0.2, 0) is 10.0 Å². The van der Waals surface area contributed by atoms with E-state index in [9.17, 15) is 8.42 Å². The Balaban J connectivity index is 2.16. The molecule has 0 radical (unpaired) electrons. The highest BCUT2D eigenvalue weighted by Crippen LogP contribution is 2.16. The Morgan fingerprint density at radius 1 is 1.09 bits per heavy atom. The molecule has 0 saturated carbocycles. The maximum atomic E-state index is 11.9. The van der Waals surface area contributed by atoms with Gasteiger partial charge in [-0.3, -0.25) is 16.5 Å². The van der Waals surface area contributed by atoms with E-state index >= 15 is 0 Å². The van der Waals surface area contributed by atoms with Crippen molar-refractivity contribution in [1.82, 2.24) is 0 Å². The van der Waals surface area contributed by atoms with Crippen molar-refractivity contribution in [2.45, 2.75) is 4.90 Å². The molecule has 2 aromatic carbocycles. The SMILES string of the molecule is COc1ccc(C=Nc2ccc(S(=O)(=O)[NH+]=C(N)N)cc2)cc1. The van der Waals surface area contributed by atoms with Crippen molar-refractivity contribution in [1.29, 1.82) is 0 Å². The van der Waals surface area contributed by atoms with Crippen LogP contribution in [0.4, 0.5) is 5.69 Å². The highest BCUT2D eigenvalue weighted by Gasteiger charge is 2.13. The normalized spacial score (nSPS) is 11.3. The number of nitrogens with zero attached hydrogens (tertiary/aromatic N) is 1. The number of nitrogens with one attached hydrogen (secondary N) is 1. The number of aliphatic imine (C=N–C) groups is 1. The highest BCUT2D eigenvalue weighted by atomic mass is 32.2. The van der Waals surface area contributed by atoms with Crippen molar-refractivity contribution < 1.29 is 17.6 Å². The molecule has 8 heteroatoms. The molecule has 120 valence electrons. The summed E-state index contributed by atoms with van der Waals surface area (Å²) in [5, 5.41) is 0. The molecule has 0 amide bonds. The van der Waals surface area contributed by atoms with E-state index in [2.05, 4.69) is 4.99 Å². The molecule has 0 heterocycles. The maximum Gasteiger partial charge on any atom is 0.353 e. The summed E-state index contributed by atoms with van der Waals surface area (Å²) in [6.45, 7) is 0. The third kappa shape index (κ3) is 4.55. The van der Waals surface area contributed by atoms with E-state index in [4.69, 9.17) is 16.2 Å². The minimum Gasteiger partial charge on any atom is -0.497 e. The Bertz CT molecular complexity index is 822. The molecule has 0 unspecified atom stereocenters. The Kier molecular flexibility index (Phi) is 4.97. The number of ether oxygens (including phenoxy) is 1. The minimum absolute atomic E-state index is 0.0503. The number of methoxy groups -OCH3 is 1. The van der Waals surface area contributed by atoms with Gasteiger partial charge in [-0.05, 0) is 54.1 Å². The van der Waals surface area contributed by atoms with Gasteiger partial charge >= 0.3 is 16.0 Å². The number of rotatable bonds is 5. The van der Waals surface area contributed by atoms with E-state index < -0.39 is 10.0 Å². The highest BCUT2D eigenvalue weighted by molar-refractivity contribution is 7.84. The molecule has 0 aromatic heterocycles. The van der Waals surface area contributed by atoms with E-state index in [0.717, 1.165) is 11.3 Å². The van der Waals surface area contributed by atoms with Crippen LogP contribution in [0.3, 0.4) is 0 Å². The molecule has 2 aromatic rings. The molecular formula is C15H17N4O3S+. The molecule has 7 nitrogen and oxygen atoms in total. The minimum atomic E-state index is -3.75. The van der Waals surface area contributed by atoms with Gasteiger partial charge in [0, 0.05) is 6.21 Å². The van der Waals surface area contributed by atoms with Crippen LogP contribution in [0.25, 0.3) is 0 Å². The van der Waals surface area contributed by atoms with Gasteiger partial charge < -0.3 is 4.74 Å². The smallest absolute Gasteiger partial charge is 0.353 e. The molecule has 0 aliphatic heterocycles. The zero-order valence-corrected chi connectivity index (χ0v) is 13.2. The summed E-state index contributed by atoms with van der Waals surface area (Å²) in [4.78, 5) is 4.33. The van der Waals surface area contributed by atoms with Crippen molar-refractivity contribution in [2.75, 3.05) is 7.11 Å². The van der Waals surface area contributed by atoms with Crippen LogP contribution in [0.1, 0.15) is 5.56 Å². The van der Waals surface area contributed by atoms with E-state index in [0.29, 0.717) is 5.69 Å². The molecule has 0 saturated heterocycles. The van der Waals surface area contributed by atoms with E-state index in [1.54, 1.807) is 25.5 Å². The summed E-state index contributed by atoms with van der Waals surface area (Å²) in [6, 6.07) is 13.4. The van der Waals surface area contributed by atoms with Crippen molar-refractivity contribution >= 4 is 27.9 Å². The average Bonchev–Trinajstić information content (AvgIpc) is 2.52. The van der Waals surface area contributed by atoms with Gasteiger partial charge in [0.1, 0.15) is 10.6 Å². The fraction of sp³-hybridized carbons (Fsp3) is 0.0667. The zero-order chi connectivity index (χ0) is 16.9. The molecule has 23 heavy (non-hydrogen) atoms. The van der Waals surface area contributed by atoms with Crippen molar-refractivity contribution in [2.24, 2.45) is 16.5 Å². The number of guanidine groups is 1. The lowest BCUT2D eigenvalue weighted by Crippen LogP contribution is -2.80. The van der Waals surface area contributed by atoms with Crippen molar-refractivity contribution in [3.05, 3.63) is 54.1 Å². The van der Waals surface area contributed by atoms with E-state index in [1.807, 2.05) is 28.7 Å². The lowest BCUT2D eigenvalue weighted by atomic mass is 10.2.